The zero-order valence-corrected chi connectivity index (χ0v) is 21.6. The summed E-state index contributed by atoms with van der Waals surface area (Å²) in [5.74, 6) is -1.28. The van der Waals surface area contributed by atoms with Gasteiger partial charge in [-0.2, -0.15) is 0 Å². The van der Waals surface area contributed by atoms with E-state index < -0.39 is 29.0 Å². The van der Waals surface area contributed by atoms with E-state index in [-0.39, 0.29) is 28.6 Å². The maximum Gasteiger partial charge on any atom is 0.407 e. The third kappa shape index (κ3) is 7.31. The number of aromatic nitrogens is 1. The first-order valence-corrected chi connectivity index (χ1v) is 12.2. The van der Waals surface area contributed by atoms with E-state index in [0.29, 0.717) is 6.42 Å². The molecule has 1 aromatic carbocycles. The summed E-state index contributed by atoms with van der Waals surface area (Å²) in [6, 6.07) is 10.0. The van der Waals surface area contributed by atoms with Crippen molar-refractivity contribution in [1.29, 1.82) is 0 Å². The van der Waals surface area contributed by atoms with Crippen LogP contribution in [0.15, 0.2) is 36.4 Å². The molecule has 1 aromatic heterocycles. The molecule has 1 aliphatic rings. The highest BCUT2D eigenvalue weighted by Crippen LogP contribution is 2.27. The number of nitrogens with one attached hydrogen (secondary N) is 3. The first kappa shape index (κ1) is 26.7. The van der Waals surface area contributed by atoms with Crippen LogP contribution in [0.3, 0.4) is 0 Å². The van der Waals surface area contributed by atoms with Crippen molar-refractivity contribution in [3.05, 3.63) is 58.5 Å². The average molecular weight is 505 g/mol. The molecule has 190 valence electrons. The number of pyridine rings is 1. The molecule has 1 fully saturated rings. The molecule has 3 rings (SSSR count). The molecule has 9 heteroatoms. The van der Waals surface area contributed by atoms with Crippen molar-refractivity contribution in [2.24, 2.45) is 0 Å². The first-order valence-electron chi connectivity index (χ1n) is 11.9. The van der Waals surface area contributed by atoms with Crippen LogP contribution in [0.25, 0.3) is 0 Å². The maximum absolute atomic E-state index is 15.0. The van der Waals surface area contributed by atoms with E-state index in [1.165, 1.54) is 0 Å². The lowest BCUT2D eigenvalue weighted by Crippen LogP contribution is -2.50. The van der Waals surface area contributed by atoms with Crippen LogP contribution in [0.2, 0.25) is 5.15 Å². The molecule has 2 aromatic rings. The van der Waals surface area contributed by atoms with Gasteiger partial charge in [0, 0.05) is 6.04 Å². The molecule has 0 bridgehead atoms. The number of carbonyl (C=O) groups excluding carboxylic acids is 2. The van der Waals surface area contributed by atoms with Crippen LogP contribution in [-0.2, 0) is 10.3 Å². The predicted octanol–water partition coefficient (Wildman–Crippen LogP) is 5.79. The van der Waals surface area contributed by atoms with Crippen LogP contribution in [-0.4, -0.2) is 34.7 Å². The van der Waals surface area contributed by atoms with Gasteiger partial charge in [-0.1, -0.05) is 54.8 Å². The van der Waals surface area contributed by atoms with Crippen molar-refractivity contribution in [3.8, 4) is 0 Å². The largest absolute Gasteiger partial charge is 0.444 e. The molecule has 3 N–H and O–H groups in total. The third-order valence-electron chi connectivity index (χ3n) is 5.89. The number of ether oxygens (including phenoxy) is 1. The summed E-state index contributed by atoms with van der Waals surface area (Å²) in [4.78, 5) is 29.3. The molecule has 0 radical (unpaired) electrons. The number of hydrogen-bond acceptors (Lipinski definition) is 5. The summed E-state index contributed by atoms with van der Waals surface area (Å²) >= 11 is 6.31. The van der Waals surface area contributed by atoms with Crippen LogP contribution in [0.1, 0.15) is 76.2 Å². The number of carbonyl (C=O) groups is 2. The second kappa shape index (κ2) is 10.8. The van der Waals surface area contributed by atoms with Gasteiger partial charge in [-0.05, 0) is 59.1 Å². The topological polar surface area (TPSA) is 92.3 Å². The Morgan fingerprint density at radius 2 is 1.69 bits per heavy atom. The Hall–Kier alpha value is -2.87. The number of amides is 2. The fourth-order valence-electron chi connectivity index (χ4n) is 4.12. The lowest BCUT2D eigenvalue weighted by atomic mass is 9.90. The lowest BCUT2D eigenvalue weighted by Gasteiger charge is -2.33. The van der Waals surface area contributed by atoms with E-state index >= 15 is 4.39 Å². The number of hydrogen-bond donors (Lipinski definition) is 3. The van der Waals surface area contributed by atoms with Crippen LogP contribution in [0, 0.1) is 5.82 Å². The standard InChI is InChI=1S/C26H34ClFN4O3/c1-25(2,3)35-24(34)30-20-14-10-9-13-19(20)29-22-18(28)15-17(21(27)31-22)23(33)32-26(4,5)16-11-7-6-8-12-16/h6-8,11-12,15,19-20H,9-10,13-14H2,1-5H3,(H,29,31)(H,30,34)(H,32,33)/t19-,20+/m0/s1. The summed E-state index contributed by atoms with van der Waals surface area (Å²) in [7, 11) is 0. The number of anilines is 1. The van der Waals surface area contributed by atoms with Crippen molar-refractivity contribution in [1.82, 2.24) is 15.6 Å². The zero-order chi connectivity index (χ0) is 25.8. The molecule has 1 saturated carbocycles. The van der Waals surface area contributed by atoms with E-state index in [2.05, 4.69) is 20.9 Å². The molecule has 7 nitrogen and oxygen atoms in total. The van der Waals surface area contributed by atoms with Gasteiger partial charge in [0.25, 0.3) is 5.91 Å². The molecular weight excluding hydrogens is 471 g/mol. The summed E-state index contributed by atoms with van der Waals surface area (Å²) < 4.78 is 20.4. The summed E-state index contributed by atoms with van der Waals surface area (Å²) in [6.07, 6.45) is 2.78. The van der Waals surface area contributed by atoms with Crippen LogP contribution >= 0.6 is 11.6 Å². The molecule has 0 aliphatic heterocycles. The maximum atomic E-state index is 15.0. The normalized spacial score (nSPS) is 18.5. The smallest absolute Gasteiger partial charge is 0.407 e. The minimum Gasteiger partial charge on any atom is -0.444 e. The van der Waals surface area contributed by atoms with Gasteiger partial charge in [0.2, 0.25) is 0 Å². The second-order valence-electron chi connectivity index (χ2n) is 10.4. The van der Waals surface area contributed by atoms with Crippen LogP contribution in [0.4, 0.5) is 15.0 Å². The predicted molar refractivity (Wildman–Crippen MR) is 135 cm³/mol. The number of halogens is 2. The molecule has 1 aliphatic carbocycles. The number of benzene rings is 1. The number of nitrogens with zero attached hydrogens (tertiary/aromatic N) is 1. The Bertz CT molecular complexity index is 1060. The summed E-state index contributed by atoms with van der Waals surface area (Å²) in [5, 5.41) is 8.74. The highest BCUT2D eigenvalue weighted by molar-refractivity contribution is 6.32. The van der Waals surface area contributed by atoms with Crippen molar-refractivity contribution in [2.45, 2.75) is 83.5 Å². The molecule has 2 amide bonds. The molecular formula is C26H34ClFN4O3. The number of alkyl carbamates (subject to hydrolysis) is 1. The Kier molecular flexibility index (Phi) is 8.26. The van der Waals surface area contributed by atoms with Gasteiger partial charge in [0.05, 0.1) is 17.1 Å². The van der Waals surface area contributed by atoms with Crippen LogP contribution in [0.5, 0.6) is 0 Å². The Labute approximate surface area is 211 Å². The summed E-state index contributed by atoms with van der Waals surface area (Å²) in [5.41, 5.74) is -0.464. The average Bonchev–Trinajstić information content (AvgIpc) is 2.76. The Morgan fingerprint density at radius 1 is 1.06 bits per heavy atom. The lowest BCUT2D eigenvalue weighted by molar-refractivity contribution is 0.0488. The SMILES string of the molecule is CC(C)(C)OC(=O)N[C@@H]1CCCC[C@@H]1Nc1nc(Cl)c(C(=O)NC(C)(C)c2ccccc2)cc1F. The number of rotatable bonds is 6. The highest BCUT2D eigenvalue weighted by atomic mass is 35.5. The molecule has 2 atom stereocenters. The van der Waals surface area contributed by atoms with E-state index in [0.717, 1.165) is 30.9 Å². The first-order chi connectivity index (χ1) is 16.4. The van der Waals surface area contributed by atoms with E-state index in [1.54, 1.807) is 20.8 Å². The van der Waals surface area contributed by atoms with Gasteiger partial charge < -0.3 is 20.7 Å². The van der Waals surface area contributed by atoms with Gasteiger partial charge in [0.15, 0.2) is 11.6 Å². The minimum absolute atomic E-state index is 0.0502. The fourth-order valence-corrected chi connectivity index (χ4v) is 4.34. The minimum atomic E-state index is -0.697. The van der Waals surface area contributed by atoms with Crippen molar-refractivity contribution < 1.29 is 18.7 Å². The van der Waals surface area contributed by atoms with Crippen molar-refractivity contribution in [3.63, 3.8) is 0 Å². The second-order valence-corrected chi connectivity index (χ2v) is 10.7. The van der Waals surface area contributed by atoms with Crippen molar-refractivity contribution >= 4 is 29.4 Å². The van der Waals surface area contributed by atoms with Gasteiger partial charge in [-0.3, -0.25) is 4.79 Å². The monoisotopic (exact) mass is 504 g/mol. The molecule has 0 saturated heterocycles. The Morgan fingerprint density at radius 3 is 2.31 bits per heavy atom. The fraction of sp³-hybridized carbons (Fsp3) is 0.500. The zero-order valence-electron chi connectivity index (χ0n) is 20.9. The summed E-state index contributed by atoms with van der Waals surface area (Å²) in [6.45, 7) is 9.10. The van der Waals surface area contributed by atoms with Crippen LogP contribution < -0.4 is 16.0 Å². The quantitative estimate of drug-likeness (QED) is 0.433. The molecule has 0 spiro atoms. The van der Waals surface area contributed by atoms with Gasteiger partial charge >= 0.3 is 6.09 Å². The van der Waals surface area contributed by atoms with Gasteiger partial charge in [0.1, 0.15) is 10.8 Å². The van der Waals surface area contributed by atoms with E-state index in [1.807, 2.05) is 44.2 Å². The third-order valence-corrected chi connectivity index (χ3v) is 6.17. The van der Waals surface area contributed by atoms with E-state index in [4.69, 9.17) is 16.3 Å². The molecule has 35 heavy (non-hydrogen) atoms. The van der Waals surface area contributed by atoms with E-state index in [9.17, 15) is 9.59 Å². The van der Waals surface area contributed by atoms with Gasteiger partial charge in [-0.15, -0.1) is 0 Å². The Balaban J connectivity index is 1.73. The molecule has 1 heterocycles. The molecule has 0 unspecified atom stereocenters. The van der Waals surface area contributed by atoms with Gasteiger partial charge in [-0.25, -0.2) is 14.2 Å². The van der Waals surface area contributed by atoms with Crippen molar-refractivity contribution in [2.75, 3.05) is 5.32 Å². The highest BCUT2D eigenvalue weighted by Gasteiger charge is 2.30.